The molecule has 1 aromatic heterocycles. The van der Waals surface area contributed by atoms with Gasteiger partial charge in [0, 0.05) is 23.6 Å². The van der Waals surface area contributed by atoms with Gasteiger partial charge in [-0.2, -0.15) is 5.10 Å². The van der Waals surface area contributed by atoms with E-state index in [2.05, 4.69) is 15.5 Å². The fraction of sp³-hybridized carbons (Fsp3) is 0.333. The first-order chi connectivity index (χ1) is 9.72. The molecule has 0 bridgehead atoms. The van der Waals surface area contributed by atoms with E-state index in [0.29, 0.717) is 6.61 Å². The van der Waals surface area contributed by atoms with Crippen LogP contribution in [0.25, 0.3) is 11.3 Å². The third-order valence-corrected chi connectivity index (χ3v) is 3.38. The molecule has 1 atom stereocenters. The number of H-pyrrole nitrogens is 1. The Bertz CT molecular complexity index is 598. The molecule has 1 unspecified atom stereocenters. The lowest BCUT2D eigenvalue weighted by atomic mass is 10.1. The van der Waals surface area contributed by atoms with E-state index in [0.717, 1.165) is 35.5 Å². The molecule has 1 aliphatic heterocycles. The van der Waals surface area contributed by atoms with Crippen LogP contribution in [-0.2, 0) is 9.53 Å². The number of nitrogens with one attached hydrogen (secondary N) is 2. The van der Waals surface area contributed by atoms with Gasteiger partial charge in [-0.25, -0.2) is 0 Å². The first-order valence-corrected chi connectivity index (χ1v) is 6.77. The number of hydrogen-bond donors (Lipinski definition) is 2. The minimum absolute atomic E-state index is 0.0640. The van der Waals surface area contributed by atoms with Gasteiger partial charge >= 0.3 is 0 Å². The Balaban J connectivity index is 1.68. The minimum atomic E-state index is -0.302. The van der Waals surface area contributed by atoms with Crippen molar-refractivity contribution < 1.29 is 9.53 Å². The van der Waals surface area contributed by atoms with Crippen molar-refractivity contribution >= 4 is 11.6 Å². The smallest absolute Gasteiger partial charge is 0.253 e. The summed E-state index contributed by atoms with van der Waals surface area (Å²) in [5.74, 6) is -0.0640. The molecule has 1 amide bonds. The van der Waals surface area contributed by atoms with E-state index < -0.39 is 0 Å². The van der Waals surface area contributed by atoms with E-state index in [1.165, 1.54) is 0 Å². The fourth-order valence-corrected chi connectivity index (χ4v) is 2.30. The van der Waals surface area contributed by atoms with Crippen molar-refractivity contribution in [3.63, 3.8) is 0 Å². The lowest BCUT2D eigenvalue weighted by Gasteiger charge is -2.10. The molecule has 104 valence electrons. The highest BCUT2D eigenvalue weighted by Crippen LogP contribution is 2.21. The summed E-state index contributed by atoms with van der Waals surface area (Å²) in [7, 11) is 0. The lowest BCUT2D eigenvalue weighted by Crippen LogP contribution is -2.26. The second kappa shape index (κ2) is 5.46. The highest BCUT2D eigenvalue weighted by atomic mass is 16.5. The molecule has 1 aliphatic rings. The van der Waals surface area contributed by atoms with Crippen LogP contribution in [0.2, 0.25) is 0 Å². The quantitative estimate of drug-likeness (QED) is 0.901. The van der Waals surface area contributed by atoms with Gasteiger partial charge in [0.15, 0.2) is 0 Å². The number of aromatic nitrogens is 2. The number of ether oxygens (including phenoxy) is 1. The molecular formula is C15H17N3O2. The van der Waals surface area contributed by atoms with Gasteiger partial charge in [-0.3, -0.25) is 9.89 Å². The zero-order valence-electron chi connectivity index (χ0n) is 11.3. The van der Waals surface area contributed by atoms with Crippen LogP contribution in [0, 0.1) is 6.92 Å². The van der Waals surface area contributed by atoms with Crippen molar-refractivity contribution in [1.82, 2.24) is 10.2 Å². The van der Waals surface area contributed by atoms with E-state index in [9.17, 15) is 4.79 Å². The third-order valence-electron chi connectivity index (χ3n) is 3.38. The predicted octanol–water partition coefficient (Wildman–Crippen LogP) is 2.50. The number of aryl methyl sites for hydroxylation is 1. The van der Waals surface area contributed by atoms with E-state index in [4.69, 9.17) is 4.74 Å². The largest absolute Gasteiger partial charge is 0.368 e. The number of carbonyl (C=O) groups is 1. The Kier molecular flexibility index (Phi) is 3.52. The number of carbonyl (C=O) groups excluding carboxylic acids is 1. The van der Waals surface area contributed by atoms with Crippen LogP contribution < -0.4 is 5.32 Å². The van der Waals surface area contributed by atoms with Gasteiger partial charge in [0.1, 0.15) is 6.10 Å². The molecule has 0 aliphatic carbocycles. The predicted molar refractivity (Wildman–Crippen MR) is 76.4 cm³/mol. The molecule has 1 saturated heterocycles. The highest BCUT2D eigenvalue weighted by Gasteiger charge is 2.23. The average molecular weight is 271 g/mol. The standard InChI is InChI=1S/C15H17N3O2/c1-10-9-13(18-17-10)11-4-6-12(7-5-11)16-15(19)14-3-2-8-20-14/h4-7,9,14H,2-3,8H2,1H3,(H,16,19)(H,17,18). The number of anilines is 1. The molecule has 2 N–H and O–H groups in total. The number of nitrogens with zero attached hydrogens (tertiary/aromatic N) is 1. The maximum atomic E-state index is 11.9. The Morgan fingerprint density at radius 2 is 2.20 bits per heavy atom. The maximum absolute atomic E-state index is 11.9. The molecule has 1 fully saturated rings. The SMILES string of the molecule is Cc1cc(-c2ccc(NC(=O)C3CCCO3)cc2)n[nH]1. The Hall–Kier alpha value is -2.14. The number of rotatable bonds is 3. The summed E-state index contributed by atoms with van der Waals surface area (Å²) in [6.07, 6.45) is 1.45. The molecule has 2 aromatic rings. The summed E-state index contributed by atoms with van der Waals surface area (Å²) in [6.45, 7) is 2.64. The topological polar surface area (TPSA) is 67.0 Å². The molecule has 5 nitrogen and oxygen atoms in total. The van der Waals surface area contributed by atoms with Crippen LogP contribution >= 0.6 is 0 Å². The number of aromatic amines is 1. The van der Waals surface area contributed by atoms with Crippen molar-refractivity contribution in [2.75, 3.05) is 11.9 Å². The third kappa shape index (κ3) is 2.72. The van der Waals surface area contributed by atoms with Crippen molar-refractivity contribution in [1.29, 1.82) is 0 Å². The van der Waals surface area contributed by atoms with Crippen molar-refractivity contribution in [3.05, 3.63) is 36.0 Å². The van der Waals surface area contributed by atoms with E-state index in [-0.39, 0.29) is 12.0 Å². The Labute approximate surface area is 117 Å². The monoisotopic (exact) mass is 271 g/mol. The van der Waals surface area contributed by atoms with Crippen LogP contribution in [0.4, 0.5) is 5.69 Å². The molecule has 0 saturated carbocycles. The summed E-state index contributed by atoms with van der Waals surface area (Å²) in [5.41, 5.74) is 3.72. The van der Waals surface area contributed by atoms with Gasteiger partial charge in [0.25, 0.3) is 5.91 Å². The van der Waals surface area contributed by atoms with Crippen LogP contribution in [0.1, 0.15) is 18.5 Å². The first kappa shape index (κ1) is 12.9. The number of amides is 1. The maximum Gasteiger partial charge on any atom is 0.253 e. The zero-order chi connectivity index (χ0) is 13.9. The first-order valence-electron chi connectivity index (χ1n) is 6.77. The molecular weight excluding hydrogens is 254 g/mol. The summed E-state index contributed by atoms with van der Waals surface area (Å²) in [4.78, 5) is 11.9. The van der Waals surface area contributed by atoms with E-state index in [1.54, 1.807) is 0 Å². The van der Waals surface area contributed by atoms with Crippen LogP contribution in [0.3, 0.4) is 0 Å². The van der Waals surface area contributed by atoms with Gasteiger partial charge in [0.05, 0.1) is 5.69 Å². The van der Waals surface area contributed by atoms with Crippen LogP contribution in [0.15, 0.2) is 30.3 Å². The average Bonchev–Trinajstić information content (AvgIpc) is 3.10. The minimum Gasteiger partial charge on any atom is -0.368 e. The molecule has 1 aromatic carbocycles. The van der Waals surface area contributed by atoms with Crippen LogP contribution in [0.5, 0.6) is 0 Å². The zero-order valence-corrected chi connectivity index (χ0v) is 11.3. The summed E-state index contributed by atoms with van der Waals surface area (Å²) < 4.78 is 5.36. The molecule has 2 heterocycles. The van der Waals surface area contributed by atoms with Gasteiger partial charge in [-0.05, 0) is 38.0 Å². The van der Waals surface area contributed by atoms with Gasteiger partial charge in [-0.1, -0.05) is 12.1 Å². The van der Waals surface area contributed by atoms with Crippen molar-refractivity contribution in [2.45, 2.75) is 25.9 Å². The second-order valence-electron chi connectivity index (χ2n) is 5.00. The molecule has 3 rings (SSSR count). The van der Waals surface area contributed by atoms with Crippen molar-refractivity contribution in [3.8, 4) is 11.3 Å². The van der Waals surface area contributed by atoms with Gasteiger partial charge in [0.2, 0.25) is 0 Å². The Morgan fingerprint density at radius 1 is 1.40 bits per heavy atom. The summed E-state index contributed by atoms with van der Waals surface area (Å²) in [6, 6.07) is 9.64. The van der Waals surface area contributed by atoms with Gasteiger partial charge in [-0.15, -0.1) is 0 Å². The molecule has 0 spiro atoms. The van der Waals surface area contributed by atoms with E-state index in [1.807, 2.05) is 37.3 Å². The number of hydrogen-bond acceptors (Lipinski definition) is 3. The lowest BCUT2D eigenvalue weighted by molar-refractivity contribution is -0.124. The number of benzene rings is 1. The second-order valence-corrected chi connectivity index (χ2v) is 5.00. The summed E-state index contributed by atoms with van der Waals surface area (Å²) >= 11 is 0. The molecule has 0 radical (unpaired) electrons. The molecule has 5 heteroatoms. The highest BCUT2D eigenvalue weighted by molar-refractivity contribution is 5.94. The normalized spacial score (nSPS) is 18.1. The molecule has 20 heavy (non-hydrogen) atoms. The van der Waals surface area contributed by atoms with E-state index >= 15 is 0 Å². The van der Waals surface area contributed by atoms with Crippen LogP contribution in [-0.4, -0.2) is 28.8 Å². The fourth-order valence-electron chi connectivity index (χ4n) is 2.30. The summed E-state index contributed by atoms with van der Waals surface area (Å²) in [5, 5.41) is 10.00. The van der Waals surface area contributed by atoms with Crippen molar-refractivity contribution in [2.24, 2.45) is 0 Å². The van der Waals surface area contributed by atoms with Gasteiger partial charge < -0.3 is 10.1 Å². The Morgan fingerprint density at radius 3 is 2.80 bits per heavy atom.